The molecule has 14 heavy (non-hydrogen) atoms. The van der Waals surface area contributed by atoms with Crippen molar-refractivity contribution in [1.29, 1.82) is 0 Å². The van der Waals surface area contributed by atoms with Gasteiger partial charge in [-0.05, 0) is 12.2 Å². The van der Waals surface area contributed by atoms with Gasteiger partial charge in [0.25, 0.3) is 0 Å². The van der Waals surface area contributed by atoms with E-state index in [0.29, 0.717) is 12.4 Å². The smallest absolute Gasteiger partial charge is 0.193 e. The molecule has 3 heteroatoms. The Labute approximate surface area is 80.3 Å². The summed E-state index contributed by atoms with van der Waals surface area (Å²) in [4.78, 5) is 11.1. The van der Waals surface area contributed by atoms with Gasteiger partial charge in [-0.3, -0.25) is 4.79 Å². The fourth-order valence-corrected chi connectivity index (χ4v) is 1.74. The van der Waals surface area contributed by atoms with Gasteiger partial charge in [0, 0.05) is 10.4 Å². The van der Waals surface area contributed by atoms with Crippen LogP contribution in [-0.2, 0) is 4.79 Å². The average molecular weight is 188 g/mol. The van der Waals surface area contributed by atoms with Crippen molar-refractivity contribution in [1.82, 2.24) is 0 Å². The first-order chi connectivity index (χ1) is 6.84. The van der Waals surface area contributed by atoms with Crippen molar-refractivity contribution in [3.63, 3.8) is 0 Å². The van der Waals surface area contributed by atoms with Gasteiger partial charge in [0.05, 0.1) is 0 Å². The molecule has 0 saturated heterocycles. The highest BCUT2D eigenvalue weighted by Crippen LogP contribution is 2.22. The summed E-state index contributed by atoms with van der Waals surface area (Å²) in [6.07, 6.45) is 3.59. The highest BCUT2D eigenvalue weighted by molar-refractivity contribution is 6.08. The van der Waals surface area contributed by atoms with E-state index < -0.39 is 0 Å². The first kappa shape index (κ1) is 7.62. The third-order valence-corrected chi connectivity index (χ3v) is 2.38. The fourth-order valence-electron chi connectivity index (χ4n) is 1.74. The van der Waals surface area contributed by atoms with Crippen molar-refractivity contribution in [2.45, 2.75) is 0 Å². The van der Waals surface area contributed by atoms with Gasteiger partial charge < -0.3 is 9.47 Å². The minimum Gasteiger partial charge on any atom is -0.485 e. The minimum absolute atomic E-state index is 0.000531. The number of rotatable bonds is 0. The van der Waals surface area contributed by atoms with Crippen LogP contribution in [0.25, 0.3) is 12.2 Å². The maximum atomic E-state index is 11.1. The molecule has 0 N–H and O–H groups in total. The van der Waals surface area contributed by atoms with Crippen LogP contribution in [0.5, 0.6) is 11.5 Å². The van der Waals surface area contributed by atoms with Crippen LogP contribution in [0.15, 0.2) is 12.1 Å². The molecule has 70 valence electrons. The number of carbonyl (C=O) groups excluding carboxylic acids is 1. The van der Waals surface area contributed by atoms with Crippen LogP contribution < -0.4 is 19.9 Å². The Balaban J connectivity index is 2.36. The lowest BCUT2D eigenvalue weighted by Gasteiger charge is -2.12. The van der Waals surface area contributed by atoms with E-state index in [2.05, 4.69) is 0 Å². The number of ether oxygens (including phenoxy) is 2. The molecule has 0 unspecified atom stereocenters. The van der Waals surface area contributed by atoms with Crippen molar-refractivity contribution < 1.29 is 14.3 Å². The number of carbonyl (C=O) groups is 1. The van der Waals surface area contributed by atoms with Gasteiger partial charge in [-0.1, -0.05) is 12.1 Å². The maximum absolute atomic E-state index is 11.1. The van der Waals surface area contributed by atoms with Crippen molar-refractivity contribution >= 4 is 17.9 Å². The van der Waals surface area contributed by atoms with Gasteiger partial charge in [0.1, 0.15) is 6.61 Å². The molecule has 0 atom stereocenters. The number of hydrogen-bond donors (Lipinski definition) is 0. The van der Waals surface area contributed by atoms with Gasteiger partial charge >= 0.3 is 0 Å². The van der Waals surface area contributed by atoms with Gasteiger partial charge in [-0.25, -0.2) is 0 Å². The van der Waals surface area contributed by atoms with Crippen molar-refractivity contribution in [2.24, 2.45) is 0 Å². The molecule has 2 aliphatic heterocycles. The number of ketones is 1. The predicted octanol–water partition coefficient (Wildman–Crippen LogP) is -0.399. The lowest BCUT2D eigenvalue weighted by atomic mass is 10.1. The second-order valence-corrected chi connectivity index (χ2v) is 3.32. The fraction of sp³-hybridized carbons (Fsp3) is 0.182. The predicted molar refractivity (Wildman–Crippen MR) is 50.6 cm³/mol. The number of benzene rings is 1. The minimum atomic E-state index is -0.000531. The molecule has 0 fully saturated rings. The average Bonchev–Trinajstić information content (AvgIpc) is 2.65. The molecular formula is C11H8O3. The zero-order valence-electron chi connectivity index (χ0n) is 7.45. The Morgan fingerprint density at radius 2 is 1.86 bits per heavy atom. The highest BCUT2D eigenvalue weighted by atomic mass is 16.5. The highest BCUT2D eigenvalue weighted by Gasteiger charge is 2.17. The van der Waals surface area contributed by atoms with Crippen LogP contribution >= 0.6 is 0 Å². The number of hydrogen-bond acceptors (Lipinski definition) is 3. The zero-order chi connectivity index (χ0) is 9.54. The molecule has 3 nitrogen and oxygen atoms in total. The number of fused-ring (bicyclic) bond motifs is 3. The summed E-state index contributed by atoms with van der Waals surface area (Å²) >= 11 is 0. The molecule has 1 aromatic carbocycles. The van der Waals surface area contributed by atoms with E-state index in [0.717, 1.165) is 16.2 Å². The number of Topliss-reactive ketones (excluding diaryl/α,β-unsaturated/α-hetero) is 1. The van der Waals surface area contributed by atoms with Crippen LogP contribution in [0.1, 0.15) is 0 Å². The molecule has 0 bridgehead atoms. The molecule has 3 rings (SSSR count). The molecular weight excluding hydrogens is 180 g/mol. The zero-order valence-corrected chi connectivity index (χ0v) is 7.45. The Hall–Kier alpha value is -1.77. The van der Waals surface area contributed by atoms with Crippen LogP contribution in [0.2, 0.25) is 0 Å². The molecule has 1 aromatic rings. The summed E-state index contributed by atoms with van der Waals surface area (Å²) in [6.45, 7) is 0.704. The summed E-state index contributed by atoms with van der Waals surface area (Å²) in [6, 6.07) is 3.83. The van der Waals surface area contributed by atoms with E-state index in [1.54, 1.807) is 6.08 Å². The molecule has 0 spiro atoms. The van der Waals surface area contributed by atoms with Gasteiger partial charge in [-0.15, -0.1) is 0 Å². The third-order valence-electron chi connectivity index (χ3n) is 2.38. The van der Waals surface area contributed by atoms with Crippen LogP contribution in [0, 0.1) is 0 Å². The lowest BCUT2D eigenvalue weighted by molar-refractivity contribution is -0.115. The Morgan fingerprint density at radius 1 is 1.07 bits per heavy atom. The van der Waals surface area contributed by atoms with E-state index in [1.807, 2.05) is 18.2 Å². The van der Waals surface area contributed by atoms with Gasteiger partial charge in [0.2, 0.25) is 0 Å². The van der Waals surface area contributed by atoms with Crippen molar-refractivity contribution in [3.05, 3.63) is 22.6 Å². The molecule has 0 radical (unpaired) electrons. The van der Waals surface area contributed by atoms with E-state index in [9.17, 15) is 4.79 Å². The topological polar surface area (TPSA) is 35.5 Å². The Kier molecular flexibility index (Phi) is 1.42. The molecule has 0 amide bonds. The second-order valence-electron chi connectivity index (χ2n) is 3.32. The standard InChI is InChI=1S/C11H8O3/c12-9-5-8-2-1-7-3-4-13-10(7)11(8)14-6-9/h1-3,5H,4,6H2. The monoisotopic (exact) mass is 188 g/mol. The Morgan fingerprint density at radius 3 is 2.79 bits per heavy atom. The van der Waals surface area contributed by atoms with Crippen molar-refractivity contribution in [2.75, 3.05) is 13.2 Å². The van der Waals surface area contributed by atoms with E-state index >= 15 is 0 Å². The van der Waals surface area contributed by atoms with E-state index in [4.69, 9.17) is 9.47 Å². The van der Waals surface area contributed by atoms with Gasteiger partial charge in [0.15, 0.2) is 23.9 Å². The van der Waals surface area contributed by atoms with Gasteiger partial charge in [-0.2, -0.15) is 0 Å². The quantitative estimate of drug-likeness (QED) is 0.556. The molecule has 0 aromatic heterocycles. The van der Waals surface area contributed by atoms with Crippen molar-refractivity contribution in [3.8, 4) is 11.5 Å². The molecule has 2 heterocycles. The molecule has 0 aliphatic carbocycles. The van der Waals surface area contributed by atoms with Crippen LogP contribution in [0.4, 0.5) is 0 Å². The van der Waals surface area contributed by atoms with E-state index in [1.165, 1.54) is 0 Å². The van der Waals surface area contributed by atoms with E-state index in [-0.39, 0.29) is 12.4 Å². The third kappa shape index (κ3) is 0.954. The maximum Gasteiger partial charge on any atom is 0.193 e. The SMILES string of the molecule is O=C1C=c2ccc3c(c2OC1)OCC=3. The summed E-state index contributed by atoms with van der Waals surface area (Å²) in [5.74, 6) is 1.47. The summed E-state index contributed by atoms with van der Waals surface area (Å²) in [5, 5.41) is 1.86. The normalized spacial score (nSPS) is 17.0. The summed E-state index contributed by atoms with van der Waals surface area (Å²) < 4.78 is 10.8. The summed E-state index contributed by atoms with van der Waals surface area (Å²) in [7, 11) is 0. The van der Waals surface area contributed by atoms with Crippen LogP contribution in [-0.4, -0.2) is 19.0 Å². The lowest BCUT2D eigenvalue weighted by Crippen LogP contribution is -2.24. The summed E-state index contributed by atoms with van der Waals surface area (Å²) in [5.41, 5.74) is 0. The second kappa shape index (κ2) is 2.61. The first-order valence-corrected chi connectivity index (χ1v) is 4.48. The Bertz CT molecular complexity index is 528. The largest absolute Gasteiger partial charge is 0.485 e. The molecule has 0 saturated carbocycles. The molecule has 2 aliphatic rings. The first-order valence-electron chi connectivity index (χ1n) is 4.48. The van der Waals surface area contributed by atoms with Crippen LogP contribution in [0.3, 0.4) is 0 Å².